The highest BCUT2D eigenvalue weighted by Crippen LogP contribution is 2.33. The van der Waals surface area contributed by atoms with Crippen LogP contribution in [0.2, 0.25) is 0 Å². The molecule has 2 aromatic heterocycles. The van der Waals surface area contributed by atoms with E-state index in [9.17, 15) is 19.4 Å². The first-order valence-electron chi connectivity index (χ1n) is 19.5. The van der Waals surface area contributed by atoms with Crippen molar-refractivity contribution in [2.45, 2.75) is 52.4 Å². The molecular weight excluding hydrogens is 771 g/mol. The molecule has 3 heterocycles. The standard InChI is InChI=1S/C43H53N8O7P/c1-30-8-15-36(24-38(30)49-42-45-18-16-37(48-42)34-7-6-17-44-25-34)47-41(53)32-11-9-31(10-12-32)27-50-19-21-51(5,22-20-50)28-35-14-13-33(39(52)26-46-43(2,3)4)23-40(35)57-29-58-59(54,55)56/h6-18,23-25,39,46,52H,19-22,26-29H2,1-5H3,(H3-,45,47,48,49,53,54,55,56). The predicted molar refractivity (Wildman–Crippen MR) is 225 cm³/mol. The van der Waals surface area contributed by atoms with Crippen LogP contribution < -0.4 is 25.6 Å². The van der Waals surface area contributed by atoms with Gasteiger partial charge in [0.1, 0.15) is 12.3 Å². The van der Waals surface area contributed by atoms with E-state index in [2.05, 4.69) is 47.4 Å². The number of rotatable bonds is 16. The van der Waals surface area contributed by atoms with Gasteiger partial charge in [0, 0.05) is 78.4 Å². The van der Waals surface area contributed by atoms with Crippen molar-refractivity contribution in [2.75, 3.05) is 57.2 Å². The topological polar surface area (TPSA) is 194 Å². The number of aromatic nitrogens is 3. The number of hydrogen-bond donors (Lipinski definition) is 5. The second kappa shape index (κ2) is 18.9. The average Bonchev–Trinajstić information content (AvgIpc) is 3.20. The predicted octanol–water partition coefficient (Wildman–Crippen LogP) is 5.54. The Morgan fingerprint density at radius 3 is 2.49 bits per heavy atom. The number of carbonyl (C=O) groups is 1. The van der Waals surface area contributed by atoms with Crippen LogP contribution in [0.4, 0.5) is 17.3 Å². The van der Waals surface area contributed by atoms with Gasteiger partial charge in [-0.3, -0.25) is 23.8 Å². The van der Waals surface area contributed by atoms with Crippen molar-refractivity contribution in [3.63, 3.8) is 0 Å². The maximum atomic E-state index is 13.3. The van der Waals surface area contributed by atoms with Crippen molar-refractivity contribution >= 4 is 31.1 Å². The number of piperazine rings is 1. The largest absolute Gasteiger partial charge is 0.756 e. The summed E-state index contributed by atoms with van der Waals surface area (Å²) in [5.41, 5.74) is 6.90. The third kappa shape index (κ3) is 12.9. The van der Waals surface area contributed by atoms with Crippen molar-refractivity contribution in [3.05, 3.63) is 125 Å². The van der Waals surface area contributed by atoms with E-state index in [0.29, 0.717) is 46.1 Å². The molecule has 6 rings (SSSR count). The van der Waals surface area contributed by atoms with Gasteiger partial charge in [0.25, 0.3) is 13.7 Å². The summed E-state index contributed by atoms with van der Waals surface area (Å²) in [6.45, 7) is 12.3. The summed E-state index contributed by atoms with van der Waals surface area (Å²) < 4.78 is 22.1. The van der Waals surface area contributed by atoms with E-state index in [4.69, 9.17) is 9.63 Å². The number of hydrogen-bond acceptors (Lipinski definition) is 12. The van der Waals surface area contributed by atoms with Crippen molar-refractivity contribution in [3.8, 4) is 17.0 Å². The van der Waals surface area contributed by atoms with Crippen LogP contribution in [0.25, 0.3) is 11.3 Å². The first kappa shape index (κ1) is 43.5. The quantitative estimate of drug-likeness (QED) is 0.0474. The van der Waals surface area contributed by atoms with Gasteiger partial charge < -0.3 is 40.1 Å². The zero-order valence-electron chi connectivity index (χ0n) is 34.1. The highest BCUT2D eigenvalue weighted by molar-refractivity contribution is 7.44. The van der Waals surface area contributed by atoms with Crippen LogP contribution in [0.1, 0.15) is 59.5 Å². The lowest BCUT2D eigenvalue weighted by atomic mass is 10.0. The summed E-state index contributed by atoms with van der Waals surface area (Å²) in [4.78, 5) is 49.2. The number of aliphatic hydroxyl groups is 1. The van der Waals surface area contributed by atoms with E-state index in [1.807, 2.05) is 100 Å². The molecule has 59 heavy (non-hydrogen) atoms. The molecule has 5 N–H and O–H groups in total. The van der Waals surface area contributed by atoms with Gasteiger partial charge in [-0.1, -0.05) is 24.3 Å². The number of ether oxygens (including phenoxy) is 1. The Balaban J connectivity index is 1.03. The molecule has 2 atom stereocenters. The molecule has 312 valence electrons. The molecular formula is C43H53N8O7P. The van der Waals surface area contributed by atoms with E-state index in [1.165, 1.54) is 0 Å². The molecule has 0 spiro atoms. The molecule has 3 aromatic carbocycles. The molecule has 0 aliphatic carbocycles. The third-order valence-corrected chi connectivity index (χ3v) is 10.6. The van der Waals surface area contributed by atoms with E-state index >= 15 is 0 Å². The third-order valence-electron chi connectivity index (χ3n) is 10.2. The number of anilines is 3. The Morgan fingerprint density at radius 2 is 1.80 bits per heavy atom. The molecule has 0 saturated carbocycles. The van der Waals surface area contributed by atoms with Crippen LogP contribution in [0.15, 0.2) is 97.5 Å². The number of aryl methyl sites for hydroxylation is 1. The van der Waals surface area contributed by atoms with E-state index < -0.39 is 20.7 Å². The van der Waals surface area contributed by atoms with Gasteiger partial charge in [0.05, 0.1) is 31.9 Å². The molecule has 1 aliphatic heterocycles. The van der Waals surface area contributed by atoms with Gasteiger partial charge in [0.15, 0.2) is 6.79 Å². The SMILES string of the molecule is Cc1ccc(NC(=O)c2ccc(CN3CC[N+](C)(Cc4ccc(C(O)CNC(C)(C)C)cc4OCOP(=O)([O-])O)CC3)cc2)cc1Nc1nccc(-c2cccnc2)n1. The smallest absolute Gasteiger partial charge is 0.268 e. The van der Waals surface area contributed by atoms with Crippen LogP contribution in [-0.2, 0) is 22.2 Å². The summed E-state index contributed by atoms with van der Waals surface area (Å²) in [6.07, 6.45) is 4.34. The minimum atomic E-state index is -4.98. The fraction of sp³-hybridized carbons (Fsp3) is 0.349. The first-order chi connectivity index (χ1) is 28.0. The van der Waals surface area contributed by atoms with Gasteiger partial charge >= 0.3 is 0 Å². The molecule has 2 unspecified atom stereocenters. The van der Waals surface area contributed by atoms with Crippen molar-refractivity contribution in [2.24, 2.45) is 0 Å². The number of phosphoric acid groups is 1. The average molecular weight is 825 g/mol. The second-order valence-electron chi connectivity index (χ2n) is 16.2. The number of phosphoric ester groups is 1. The van der Waals surface area contributed by atoms with E-state index in [1.54, 1.807) is 24.7 Å². The fourth-order valence-corrected chi connectivity index (χ4v) is 6.90. The minimum absolute atomic E-state index is 0.189. The molecule has 0 bridgehead atoms. The number of amides is 1. The summed E-state index contributed by atoms with van der Waals surface area (Å²) in [7, 11) is -2.81. The summed E-state index contributed by atoms with van der Waals surface area (Å²) >= 11 is 0. The zero-order valence-corrected chi connectivity index (χ0v) is 35.0. The lowest BCUT2D eigenvalue weighted by Gasteiger charge is -2.42. The molecule has 1 fully saturated rings. The normalized spacial score (nSPS) is 15.9. The maximum Gasteiger partial charge on any atom is 0.268 e. The molecule has 15 nitrogen and oxygen atoms in total. The Kier molecular flexibility index (Phi) is 13.9. The van der Waals surface area contributed by atoms with Crippen LogP contribution in [-0.4, -0.2) is 92.3 Å². The van der Waals surface area contributed by atoms with Gasteiger partial charge in [-0.2, -0.15) is 0 Å². The summed E-state index contributed by atoms with van der Waals surface area (Å²) in [5, 5.41) is 20.4. The van der Waals surface area contributed by atoms with Gasteiger partial charge in [-0.15, -0.1) is 0 Å². The van der Waals surface area contributed by atoms with Crippen molar-refractivity contribution < 1.29 is 38.0 Å². The number of β-amino-alcohol motifs (C(OH)–C–C–N with tert-alkyl or cyclic N) is 1. The zero-order chi connectivity index (χ0) is 42.2. The number of nitrogens with one attached hydrogen (secondary N) is 3. The van der Waals surface area contributed by atoms with Crippen LogP contribution in [0, 0.1) is 6.92 Å². The number of nitrogens with zero attached hydrogens (tertiary/aromatic N) is 5. The van der Waals surface area contributed by atoms with Gasteiger partial charge in [-0.25, -0.2) is 9.97 Å². The molecule has 1 aliphatic rings. The molecule has 1 saturated heterocycles. The Labute approximate surface area is 345 Å². The Bertz CT molecular complexity index is 2240. The number of carbonyl (C=O) groups excluding carboxylic acids is 1. The van der Waals surface area contributed by atoms with Gasteiger partial charge in [0.2, 0.25) is 5.95 Å². The summed E-state index contributed by atoms with van der Waals surface area (Å²) in [6, 6.07) is 24.4. The Morgan fingerprint density at radius 1 is 1.03 bits per heavy atom. The van der Waals surface area contributed by atoms with E-state index in [-0.39, 0.29) is 11.4 Å². The molecule has 16 heteroatoms. The number of aliphatic hydroxyl groups excluding tert-OH is 1. The summed E-state index contributed by atoms with van der Waals surface area (Å²) in [5.74, 6) is 0.599. The van der Waals surface area contributed by atoms with Crippen molar-refractivity contribution in [1.82, 2.24) is 25.2 Å². The molecule has 5 aromatic rings. The monoisotopic (exact) mass is 824 g/mol. The van der Waals surface area contributed by atoms with Crippen LogP contribution in [0.5, 0.6) is 5.75 Å². The highest BCUT2D eigenvalue weighted by atomic mass is 31.2. The molecule has 0 radical (unpaired) electrons. The van der Waals surface area contributed by atoms with Crippen LogP contribution in [0.3, 0.4) is 0 Å². The first-order valence-corrected chi connectivity index (χ1v) is 20.9. The number of quaternary nitrogens is 1. The highest BCUT2D eigenvalue weighted by Gasteiger charge is 2.30. The minimum Gasteiger partial charge on any atom is -0.756 e. The molecule has 1 amide bonds. The lowest BCUT2D eigenvalue weighted by molar-refractivity contribution is -0.926. The number of pyridine rings is 1. The Hall–Kier alpha value is -5.09. The fourth-order valence-electron chi connectivity index (χ4n) is 6.71. The number of benzene rings is 3. The maximum absolute atomic E-state index is 13.3. The van der Waals surface area contributed by atoms with Gasteiger partial charge in [-0.05, 0) is 99.0 Å². The van der Waals surface area contributed by atoms with E-state index in [0.717, 1.165) is 66.4 Å². The number of likely N-dealkylation sites (N-methyl/N-ethyl adjacent to an activating group) is 1. The van der Waals surface area contributed by atoms with Crippen LogP contribution >= 0.6 is 7.82 Å². The lowest BCUT2D eigenvalue weighted by Crippen LogP contribution is -2.56. The second-order valence-corrected chi connectivity index (χ2v) is 17.4. The van der Waals surface area contributed by atoms with Crippen molar-refractivity contribution in [1.29, 1.82) is 0 Å².